The molecule has 8 heteroatoms. The first-order valence-corrected chi connectivity index (χ1v) is 11.3. The van der Waals surface area contributed by atoms with E-state index in [4.69, 9.17) is 14.2 Å². The van der Waals surface area contributed by atoms with Crippen molar-refractivity contribution in [3.8, 4) is 17.2 Å². The summed E-state index contributed by atoms with van der Waals surface area (Å²) >= 11 is 0. The standard InChI is InChI=1S/C27H25F2NO4.ClH/c28-21-5-1-18(2-6-21)24-11-12-30(15-25(31)19-3-7-22(29)8-4-19)14-20(24)16-32-23-9-10-26-27(13-23)34-17-33-26;/h1-10,13,20,24H,11-12,14-17H2;1H/t20-,24-;/m0./s1. The number of carbonyl (C=O) groups is 1. The van der Waals surface area contributed by atoms with Crippen LogP contribution >= 0.6 is 12.4 Å². The lowest BCUT2D eigenvalue weighted by atomic mass is 9.80. The van der Waals surface area contributed by atoms with Gasteiger partial charge in [-0.05, 0) is 73.0 Å². The smallest absolute Gasteiger partial charge is 0.231 e. The largest absolute Gasteiger partial charge is 0.493 e. The molecular formula is C27H26ClF2NO4. The van der Waals surface area contributed by atoms with E-state index in [1.807, 2.05) is 30.3 Å². The van der Waals surface area contributed by atoms with Crippen molar-refractivity contribution in [2.24, 2.45) is 5.92 Å². The predicted octanol–water partition coefficient (Wildman–Crippen LogP) is 5.48. The first-order chi connectivity index (χ1) is 16.5. The number of nitrogens with zero attached hydrogens (tertiary/aromatic N) is 1. The molecular weight excluding hydrogens is 476 g/mol. The van der Waals surface area contributed by atoms with Gasteiger partial charge in [0, 0.05) is 24.1 Å². The second kappa shape index (κ2) is 11.1. The van der Waals surface area contributed by atoms with Crippen LogP contribution in [0.5, 0.6) is 17.2 Å². The highest BCUT2D eigenvalue weighted by Gasteiger charge is 2.32. The number of ketones is 1. The summed E-state index contributed by atoms with van der Waals surface area (Å²) in [5.74, 6) is 1.62. The highest BCUT2D eigenvalue weighted by molar-refractivity contribution is 5.97. The summed E-state index contributed by atoms with van der Waals surface area (Å²) in [5.41, 5.74) is 1.56. The van der Waals surface area contributed by atoms with Crippen molar-refractivity contribution in [2.75, 3.05) is 33.0 Å². The fourth-order valence-corrected chi connectivity index (χ4v) is 4.67. The zero-order chi connectivity index (χ0) is 23.5. The molecule has 0 amide bonds. The van der Waals surface area contributed by atoms with E-state index in [2.05, 4.69) is 4.90 Å². The van der Waals surface area contributed by atoms with Crippen LogP contribution in [0.2, 0.25) is 0 Å². The summed E-state index contributed by atoms with van der Waals surface area (Å²) in [7, 11) is 0. The van der Waals surface area contributed by atoms with Gasteiger partial charge in [-0.2, -0.15) is 0 Å². The van der Waals surface area contributed by atoms with Crippen LogP contribution in [0.1, 0.15) is 28.3 Å². The van der Waals surface area contributed by atoms with E-state index in [9.17, 15) is 13.6 Å². The molecule has 0 aromatic heterocycles. The topological polar surface area (TPSA) is 48.0 Å². The molecule has 0 saturated carbocycles. The summed E-state index contributed by atoms with van der Waals surface area (Å²) in [4.78, 5) is 14.9. The van der Waals surface area contributed by atoms with Gasteiger partial charge < -0.3 is 14.2 Å². The third-order valence-electron chi connectivity index (χ3n) is 6.46. The number of Topliss-reactive ketones (excluding diaryl/α,β-unsaturated/α-hetero) is 1. The minimum absolute atomic E-state index is 0. The van der Waals surface area contributed by atoms with Gasteiger partial charge in [0.25, 0.3) is 0 Å². The first kappa shape index (κ1) is 24.9. The number of benzene rings is 3. The molecule has 1 saturated heterocycles. The lowest BCUT2D eigenvalue weighted by Crippen LogP contribution is -2.44. The van der Waals surface area contributed by atoms with Gasteiger partial charge in [-0.25, -0.2) is 8.78 Å². The fourth-order valence-electron chi connectivity index (χ4n) is 4.67. The molecule has 2 aliphatic rings. The van der Waals surface area contributed by atoms with E-state index in [0.29, 0.717) is 36.0 Å². The Morgan fingerprint density at radius 3 is 2.37 bits per heavy atom. The Morgan fingerprint density at radius 2 is 1.63 bits per heavy atom. The Kier molecular flexibility index (Phi) is 7.88. The van der Waals surface area contributed by atoms with E-state index in [1.165, 1.54) is 36.4 Å². The molecule has 3 aromatic carbocycles. The maximum Gasteiger partial charge on any atom is 0.231 e. The van der Waals surface area contributed by atoms with Gasteiger partial charge in [-0.15, -0.1) is 12.4 Å². The molecule has 35 heavy (non-hydrogen) atoms. The maximum atomic E-state index is 13.5. The minimum atomic E-state index is -0.364. The molecule has 1 fully saturated rings. The molecule has 184 valence electrons. The summed E-state index contributed by atoms with van der Waals surface area (Å²) in [5, 5.41) is 0. The summed E-state index contributed by atoms with van der Waals surface area (Å²) in [6.07, 6.45) is 0.817. The molecule has 2 aliphatic heterocycles. The van der Waals surface area contributed by atoms with E-state index < -0.39 is 0 Å². The van der Waals surface area contributed by atoms with Gasteiger partial charge in [0.05, 0.1) is 13.2 Å². The fraction of sp³-hybridized carbons (Fsp3) is 0.296. The highest BCUT2D eigenvalue weighted by atomic mass is 35.5. The van der Waals surface area contributed by atoms with Gasteiger partial charge in [0.2, 0.25) is 6.79 Å². The Balaban J connectivity index is 0.00000289. The number of halogens is 3. The van der Waals surface area contributed by atoms with Gasteiger partial charge in [0.1, 0.15) is 17.4 Å². The average Bonchev–Trinajstić information content (AvgIpc) is 3.32. The SMILES string of the molecule is Cl.O=C(CN1CC[C@@H](c2ccc(F)cc2)[C@H](COc2ccc3c(c2)OCO3)C1)c1ccc(F)cc1. The molecule has 0 N–H and O–H groups in total. The second-order valence-electron chi connectivity index (χ2n) is 8.70. The Labute approximate surface area is 209 Å². The summed E-state index contributed by atoms with van der Waals surface area (Å²) < 4.78 is 43.6. The molecule has 0 aliphatic carbocycles. The molecule has 0 unspecified atom stereocenters. The number of hydrogen-bond donors (Lipinski definition) is 0. The Hall–Kier alpha value is -3.16. The third kappa shape index (κ3) is 5.92. The monoisotopic (exact) mass is 501 g/mol. The van der Waals surface area contributed by atoms with Crippen LogP contribution in [0.3, 0.4) is 0 Å². The third-order valence-corrected chi connectivity index (χ3v) is 6.46. The average molecular weight is 502 g/mol. The number of fused-ring (bicyclic) bond motifs is 1. The van der Waals surface area contributed by atoms with Crippen LogP contribution in [0.25, 0.3) is 0 Å². The zero-order valence-electron chi connectivity index (χ0n) is 19.0. The number of ether oxygens (including phenoxy) is 3. The number of likely N-dealkylation sites (tertiary alicyclic amines) is 1. The normalized spacial score (nSPS) is 19.1. The quantitative estimate of drug-likeness (QED) is 0.401. The van der Waals surface area contributed by atoms with Crippen molar-refractivity contribution in [2.45, 2.75) is 12.3 Å². The van der Waals surface area contributed by atoms with E-state index in [-0.39, 0.29) is 55.0 Å². The second-order valence-corrected chi connectivity index (χ2v) is 8.70. The van der Waals surface area contributed by atoms with Gasteiger partial charge >= 0.3 is 0 Å². The van der Waals surface area contributed by atoms with Crippen molar-refractivity contribution < 1.29 is 27.8 Å². The molecule has 3 aromatic rings. The van der Waals surface area contributed by atoms with Crippen molar-refractivity contribution in [1.82, 2.24) is 4.90 Å². The molecule has 2 heterocycles. The maximum absolute atomic E-state index is 13.5. The van der Waals surface area contributed by atoms with Crippen LogP contribution in [0.15, 0.2) is 66.7 Å². The van der Waals surface area contributed by atoms with Crippen molar-refractivity contribution in [1.29, 1.82) is 0 Å². The van der Waals surface area contributed by atoms with Crippen LogP contribution in [-0.4, -0.2) is 43.7 Å². The van der Waals surface area contributed by atoms with E-state index in [1.54, 1.807) is 0 Å². The van der Waals surface area contributed by atoms with Crippen LogP contribution in [-0.2, 0) is 0 Å². The Morgan fingerprint density at radius 1 is 0.943 bits per heavy atom. The first-order valence-electron chi connectivity index (χ1n) is 11.3. The molecule has 0 radical (unpaired) electrons. The van der Waals surface area contributed by atoms with Crippen LogP contribution in [0.4, 0.5) is 8.78 Å². The van der Waals surface area contributed by atoms with E-state index >= 15 is 0 Å². The Bertz CT molecular complexity index is 1160. The minimum Gasteiger partial charge on any atom is -0.493 e. The molecule has 0 spiro atoms. The highest BCUT2D eigenvalue weighted by Crippen LogP contribution is 2.37. The van der Waals surface area contributed by atoms with Crippen LogP contribution in [0, 0.1) is 17.6 Å². The summed E-state index contributed by atoms with van der Waals surface area (Å²) in [6, 6.07) is 17.7. The molecule has 5 rings (SSSR count). The molecule has 2 atom stereocenters. The number of rotatable bonds is 7. The number of hydrogen-bond acceptors (Lipinski definition) is 5. The van der Waals surface area contributed by atoms with Crippen molar-refractivity contribution >= 4 is 18.2 Å². The van der Waals surface area contributed by atoms with Crippen LogP contribution < -0.4 is 14.2 Å². The number of piperidine rings is 1. The van der Waals surface area contributed by atoms with Crippen molar-refractivity contribution in [3.63, 3.8) is 0 Å². The molecule has 5 nitrogen and oxygen atoms in total. The zero-order valence-corrected chi connectivity index (χ0v) is 19.8. The molecule has 0 bridgehead atoms. The van der Waals surface area contributed by atoms with Crippen molar-refractivity contribution in [3.05, 3.63) is 89.5 Å². The summed E-state index contributed by atoms with van der Waals surface area (Å²) in [6.45, 7) is 2.27. The van der Waals surface area contributed by atoms with Gasteiger partial charge in [0.15, 0.2) is 17.3 Å². The lowest BCUT2D eigenvalue weighted by Gasteiger charge is -2.38. The van der Waals surface area contributed by atoms with Gasteiger partial charge in [-0.3, -0.25) is 9.69 Å². The lowest BCUT2D eigenvalue weighted by molar-refractivity contribution is 0.0806. The van der Waals surface area contributed by atoms with Gasteiger partial charge in [-0.1, -0.05) is 12.1 Å². The van der Waals surface area contributed by atoms with E-state index in [0.717, 1.165) is 18.5 Å². The predicted molar refractivity (Wildman–Crippen MR) is 130 cm³/mol. The number of carbonyl (C=O) groups excluding carboxylic acids is 1.